The van der Waals surface area contributed by atoms with Gasteiger partial charge in [0.2, 0.25) is 0 Å². The number of ketones is 1. The summed E-state index contributed by atoms with van der Waals surface area (Å²) in [5.41, 5.74) is 2.33. The second kappa shape index (κ2) is 4.43. The molecule has 0 amide bonds. The van der Waals surface area contributed by atoms with Crippen LogP contribution in [0.2, 0.25) is 0 Å². The Bertz CT molecular complexity index is 289. The molecule has 1 rings (SSSR count). The zero-order valence-electron chi connectivity index (χ0n) is 7.88. The van der Waals surface area contributed by atoms with E-state index in [2.05, 4.69) is 0 Å². The SMILES string of the molecule is CC(=O)C(Cl)Cc1ccc(C)cc1. The van der Waals surface area contributed by atoms with Crippen molar-refractivity contribution in [1.29, 1.82) is 0 Å². The van der Waals surface area contributed by atoms with E-state index in [4.69, 9.17) is 11.6 Å². The number of alkyl halides is 1. The molecule has 2 heteroatoms. The lowest BCUT2D eigenvalue weighted by Gasteiger charge is -2.05. The van der Waals surface area contributed by atoms with Crippen molar-refractivity contribution in [1.82, 2.24) is 0 Å². The largest absolute Gasteiger partial charge is 0.298 e. The van der Waals surface area contributed by atoms with Gasteiger partial charge in [-0.15, -0.1) is 11.6 Å². The summed E-state index contributed by atoms with van der Waals surface area (Å²) in [6, 6.07) is 8.07. The maximum Gasteiger partial charge on any atom is 0.147 e. The van der Waals surface area contributed by atoms with E-state index < -0.39 is 0 Å². The second-order valence-electron chi connectivity index (χ2n) is 3.27. The van der Waals surface area contributed by atoms with Gasteiger partial charge >= 0.3 is 0 Å². The Hall–Kier alpha value is -0.820. The molecular weight excluding hydrogens is 184 g/mol. The number of hydrogen-bond donors (Lipinski definition) is 0. The summed E-state index contributed by atoms with van der Waals surface area (Å²) in [4.78, 5) is 10.9. The topological polar surface area (TPSA) is 17.1 Å². The van der Waals surface area contributed by atoms with Gasteiger partial charge in [0.25, 0.3) is 0 Å². The number of carbonyl (C=O) groups is 1. The monoisotopic (exact) mass is 196 g/mol. The summed E-state index contributed by atoms with van der Waals surface area (Å²) in [5.74, 6) is 0.0299. The van der Waals surface area contributed by atoms with Crippen LogP contribution in [-0.2, 0) is 11.2 Å². The van der Waals surface area contributed by atoms with Crippen molar-refractivity contribution in [2.75, 3.05) is 0 Å². The minimum absolute atomic E-state index is 0.0299. The van der Waals surface area contributed by atoms with Crippen molar-refractivity contribution in [2.45, 2.75) is 25.6 Å². The van der Waals surface area contributed by atoms with Gasteiger partial charge in [-0.1, -0.05) is 29.8 Å². The third-order valence-electron chi connectivity index (χ3n) is 1.98. The van der Waals surface area contributed by atoms with Gasteiger partial charge in [0.15, 0.2) is 0 Å². The van der Waals surface area contributed by atoms with Gasteiger partial charge in [0, 0.05) is 0 Å². The van der Waals surface area contributed by atoms with Gasteiger partial charge in [-0.2, -0.15) is 0 Å². The highest BCUT2D eigenvalue weighted by Gasteiger charge is 2.10. The number of Topliss-reactive ketones (excluding diaryl/α,β-unsaturated/α-hetero) is 1. The fraction of sp³-hybridized carbons (Fsp3) is 0.364. The molecule has 1 unspecified atom stereocenters. The molecule has 0 aliphatic carbocycles. The highest BCUT2D eigenvalue weighted by Crippen LogP contribution is 2.10. The van der Waals surface area contributed by atoms with Gasteiger partial charge in [0.05, 0.1) is 5.38 Å². The van der Waals surface area contributed by atoms with Crippen LogP contribution >= 0.6 is 11.6 Å². The van der Waals surface area contributed by atoms with E-state index in [1.807, 2.05) is 31.2 Å². The second-order valence-corrected chi connectivity index (χ2v) is 3.79. The Kier molecular flexibility index (Phi) is 3.49. The van der Waals surface area contributed by atoms with Crippen molar-refractivity contribution < 1.29 is 4.79 Å². The first-order valence-electron chi connectivity index (χ1n) is 4.29. The van der Waals surface area contributed by atoms with E-state index in [1.165, 1.54) is 12.5 Å². The van der Waals surface area contributed by atoms with Crippen LogP contribution in [-0.4, -0.2) is 11.2 Å². The molecule has 1 nitrogen and oxygen atoms in total. The van der Waals surface area contributed by atoms with Crippen molar-refractivity contribution in [2.24, 2.45) is 0 Å². The summed E-state index contributed by atoms with van der Waals surface area (Å²) < 4.78 is 0. The van der Waals surface area contributed by atoms with Crippen molar-refractivity contribution in [3.05, 3.63) is 35.4 Å². The number of carbonyl (C=O) groups excluding carboxylic acids is 1. The molecule has 0 aliphatic heterocycles. The number of rotatable bonds is 3. The molecule has 13 heavy (non-hydrogen) atoms. The van der Waals surface area contributed by atoms with Crippen LogP contribution in [0.4, 0.5) is 0 Å². The quantitative estimate of drug-likeness (QED) is 0.680. The number of hydrogen-bond acceptors (Lipinski definition) is 1. The third kappa shape index (κ3) is 3.19. The van der Waals surface area contributed by atoms with Crippen LogP contribution < -0.4 is 0 Å². The van der Waals surface area contributed by atoms with Crippen molar-refractivity contribution in [3.8, 4) is 0 Å². The molecule has 0 saturated carbocycles. The molecule has 0 heterocycles. The molecule has 70 valence electrons. The van der Waals surface area contributed by atoms with Crippen LogP contribution in [0.15, 0.2) is 24.3 Å². The molecule has 0 bridgehead atoms. The molecule has 0 aliphatic rings. The van der Waals surface area contributed by atoms with Gasteiger partial charge < -0.3 is 0 Å². The standard InChI is InChI=1S/C11H13ClO/c1-8-3-5-10(6-4-8)7-11(12)9(2)13/h3-6,11H,7H2,1-2H3. The Morgan fingerprint density at radius 1 is 1.38 bits per heavy atom. The van der Waals surface area contributed by atoms with Crippen LogP contribution in [0, 0.1) is 6.92 Å². The van der Waals surface area contributed by atoms with E-state index in [9.17, 15) is 4.79 Å². The lowest BCUT2D eigenvalue weighted by Crippen LogP contribution is -2.13. The zero-order chi connectivity index (χ0) is 9.84. The average Bonchev–Trinajstić information content (AvgIpc) is 2.08. The lowest BCUT2D eigenvalue weighted by atomic mass is 10.1. The van der Waals surface area contributed by atoms with E-state index in [-0.39, 0.29) is 11.2 Å². The molecule has 0 saturated heterocycles. The Morgan fingerprint density at radius 3 is 2.38 bits per heavy atom. The van der Waals surface area contributed by atoms with Gasteiger partial charge in [0.1, 0.15) is 5.78 Å². The Labute approximate surface area is 83.7 Å². The third-order valence-corrected chi connectivity index (χ3v) is 2.44. The van der Waals surface area contributed by atoms with Crippen LogP contribution in [0.25, 0.3) is 0 Å². The molecule has 0 aromatic heterocycles. The first-order chi connectivity index (χ1) is 6.09. The summed E-state index contributed by atoms with van der Waals surface area (Å²) in [7, 11) is 0. The summed E-state index contributed by atoms with van der Waals surface area (Å²) >= 11 is 5.84. The predicted molar refractivity (Wildman–Crippen MR) is 55.2 cm³/mol. The predicted octanol–water partition coefficient (Wildman–Crippen LogP) is 2.73. The minimum atomic E-state index is -0.386. The van der Waals surface area contributed by atoms with E-state index in [1.54, 1.807) is 0 Å². The smallest absolute Gasteiger partial charge is 0.147 e. The molecular formula is C11H13ClO. The first-order valence-corrected chi connectivity index (χ1v) is 4.73. The molecule has 1 atom stereocenters. The average molecular weight is 197 g/mol. The van der Waals surface area contributed by atoms with Gasteiger partial charge in [-0.25, -0.2) is 0 Å². The van der Waals surface area contributed by atoms with Gasteiger partial charge in [-0.05, 0) is 25.8 Å². The molecule has 0 radical (unpaired) electrons. The molecule has 0 fully saturated rings. The molecule has 0 N–H and O–H groups in total. The van der Waals surface area contributed by atoms with Crippen LogP contribution in [0.5, 0.6) is 0 Å². The maximum atomic E-state index is 10.9. The zero-order valence-corrected chi connectivity index (χ0v) is 8.64. The highest BCUT2D eigenvalue weighted by atomic mass is 35.5. The van der Waals surface area contributed by atoms with Crippen LogP contribution in [0.3, 0.4) is 0 Å². The van der Waals surface area contributed by atoms with E-state index in [0.29, 0.717) is 6.42 Å². The van der Waals surface area contributed by atoms with Crippen LogP contribution in [0.1, 0.15) is 18.1 Å². The van der Waals surface area contributed by atoms with E-state index >= 15 is 0 Å². The fourth-order valence-corrected chi connectivity index (χ4v) is 1.25. The molecule has 1 aromatic rings. The maximum absolute atomic E-state index is 10.9. The molecule has 1 aromatic carbocycles. The number of halogens is 1. The lowest BCUT2D eigenvalue weighted by molar-refractivity contribution is -0.116. The molecule has 0 spiro atoms. The van der Waals surface area contributed by atoms with Crippen molar-refractivity contribution in [3.63, 3.8) is 0 Å². The normalized spacial score (nSPS) is 12.5. The Morgan fingerprint density at radius 2 is 1.92 bits per heavy atom. The highest BCUT2D eigenvalue weighted by molar-refractivity contribution is 6.30. The van der Waals surface area contributed by atoms with E-state index in [0.717, 1.165) is 5.56 Å². The van der Waals surface area contributed by atoms with Gasteiger partial charge in [-0.3, -0.25) is 4.79 Å². The Balaban J connectivity index is 2.64. The number of benzene rings is 1. The summed E-state index contributed by atoms with van der Waals surface area (Å²) in [6.07, 6.45) is 0.622. The first kappa shape index (κ1) is 10.3. The van der Waals surface area contributed by atoms with Crippen molar-refractivity contribution >= 4 is 17.4 Å². The summed E-state index contributed by atoms with van der Waals surface area (Å²) in [5, 5.41) is -0.386. The minimum Gasteiger partial charge on any atom is -0.298 e. The number of aryl methyl sites for hydroxylation is 1. The summed E-state index contributed by atoms with van der Waals surface area (Å²) in [6.45, 7) is 3.55. The fourth-order valence-electron chi connectivity index (χ4n) is 1.07.